The number of benzene rings is 1. The van der Waals surface area contributed by atoms with E-state index in [1.165, 1.54) is 17.8 Å². The van der Waals surface area contributed by atoms with Crippen molar-refractivity contribution in [1.29, 1.82) is 0 Å². The van der Waals surface area contributed by atoms with Crippen LogP contribution in [0.3, 0.4) is 0 Å². The van der Waals surface area contributed by atoms with E-state index in [0.717, 1.165) is 25.0 Å². The first-order valence-corrected chi connectivity index (χ1v) is 9.36. The van der Waals surface area contributed by atoms with Crippen LogP contribution in [0.15, 0.2) is 23.4 Å². The van der Waals surface area contributed by atoms with Gasteiger partial charge in [0.15, 0.2) is 5.16 Å². The molecule has 0 fully saturated rings. The lowest BCUT2D eigenvalue weighted by Gasteiger charge is -2.10. The molecule has 0 radical (unpaired) electrons. The Morgan fingerprint density at radius 3 is 2.77 bits per heavy atom. The lowest BCUT2D eigenvalue weighted by molar-refractivity contribution is -0.137. The van der Waals surface area contributed by atoms with Crippen LogP contribution in [0.25, 0.3) is 11.0 Å². The van der Waals surface area contributed by atoms with Gasteiger partial charge in [0, 0.05) is 13.1 Å². The second-order valence-corrected chi connectivity index (χ2v) is 6.99. The van der Waals surface area contributed by atoms with Crippen LogP contribution in [0.1, 0.15) is 32.3 Å². The van der Waals surface area contributed by atoms with Crippen LogP contribution in [0.4, 0.5) is 13.2 Å². The van der Waals surface area contributed by atoms with Gasteiger partial charge in [0.25, 0.3) is 0 Å². The van der Waals surface area contributed by atoms with Crippen molar-refractivity contribution in [3.8, 4) is 0 Å². The number of aliphatic hydroxyl groups is 1. The third kappa shape index (κ3) is 5.38. The van der Waals surface area contributed by atoms with Crippen molar-refractivity contribution < 1.29 is 23.1 Å². The number of nitrogens with one attached hydrogen (secondary N) is 1. The summed E-state index contributed by atoms with van der Waals surface area (Å²) in [6.45, 7) is 4.36. The van der Waals surface area contributed by atoms with Crippen LogP contribution in [0, 0.1) is 0 Å². The minimum absolute atomic E-state index is 0.0777. The predicted molar refractivity (Wildman–Crippen MR) is 95.1 cm³/mol. The molecular weight excluding hydrogens is 367 g/mol. The predicted octanol–water partition coefficient (Wildman–Crippen LogP) is 3.44. The average Bonchev–Trinajstić information content (AvgIpc) is 2.92. The zero-order valence-electron chi connectivity index (χ0n) is 14.6. The maximum absolute atomic E-state index is 12.9. The van der Waals surface area contributed by atoms with Crippen LogP contribution in [-0.4, -0.2) is 39.0 Å². The molecule has 5 nitrogen and oxygen atoms in total. The lowest BCUT2D eigenvalue weighted by atomic mass is 10.2. The van der Waals surface area contributed by atoms with E-state index in [-0.39, 0.29) is 23.7 Å². The molecule has 9 heteroatoms. The summed E-state index contributed by atoms with van der Waals surface area (Å²) in [6, 6.07) is 3.52. The Hall–Kier alpha value is -1.74. The first-order valence-electron chi connectivity index (χ1n) is 8.37. The molecule has 1 amide bonds. The van der Waals surface area contributed by atoms with Crippen LogP contribution in [0.2, 0.25) is 0 Å². The molecule has 0 saturated heterocycles. The molecule has 2 N–H and O–H groups in total. The van der Waals surface area contributed by atoms with Crippen molar-refractivity contribution in [2.75, 3.05) is 12.3 Å². The number of hydrogen-bond donors (Lipinski definition) is 2. The Kier molecular flexibility index (Phi) is 6.94. The number of nitrogens with zero attached hydrogens (tertiary/aromatic N) is 2. The van der Waals surface area contributed by atoms with Gasteiger partial charge in [-0.3, -0.25) is 4.79 Å². The number of amides is 1. The topological polar surface area (TPSA) is 67.2 Å². The van der Waals surface area contributed by atoms with E-state index in [1.54, 1.807) is 6.92 Å². The van der Waals surface area contributed by atoms with Gasteiger partial charge in [-0.1, -0.05) is 25.1 Å². The summed E-state index contributed by atoms with van der Waals surface area (Å²) in [7, 11) is 0. The van der Waals surface area contributed by atoms with Gasteiger partial charge in [-0.2, -0.15) is 13.2 Å². The largest absolute Gasteiger partial charge is 0.416 e. The van der Waals surface area contributed by atoms with Gasteiger partial charge in [0.05, 0.1) is 28.5 Å². The molecule has 0 saturated carbocycles. The third-order valence-corrected chi connectivity index (χ3v) is 4.68. The summed E-state index contributed by atoms with van der Waals surface area (Å²) in [5.41, 5.74) is 0.150. The fraction of sp³-hybridized carbons (Fsp3) is 0.529. The Morgan fingerprint density at radius 2 is 2.15 bits per heavy atom. The van der Waals surface area contributed by atoms with Crippen LogP contribution < -0.4 is 5.32 Å². The smallest absolute Gasteiger partial charge is 0.392 e. The standard InChI is InChI=1S/C17H22F3N3O2S/c1-3-4-7-23-14-6-5-12(17(18,19)20)8-13(14)22-16(23)26-10-15(25)21-9-11(2)24/h5-6,8,11,24H,3-4,7,9-10H2,1-2H3,(H,21,25). The first-order chi connectivity index (χ1) is 12.2. The molecule has 0 aliphatic carbocycles. The van der Waals surface area contributed by atoms with Gasteiger partial charge in [-0.05, 0) is 31.5 Å². The molecule has 0 aliphatic heterocycles. The highest BCUT2D eigenvalue weighted by atomic mass is 32.2. The van der Waals surface area contributed by atoms with Crippen molar-refractivity contribution in [2.45, 2.75) is 50.7 Å². The van der Waals surface area contributed by atoms with Crippen LogP contribution in [0.5, 0.6) is 0 Å². The third-order valence-electron chi connectivity index (χ3n) is 3.70. The molecule has 1 heterocycles. The second-order valence-electron chi connectivity index (χ2n) is 6.04. The zero-order valence-corrected chi connectivity index (χ0v) is 15.5. The van der Waals surface area contributed by atoms with Crippen molar-refractivity contribution in [1.82, 2.24) is 14.9 Å². The molecule has 0 bridgehead atoms. The Bertz CT molecular complexity index is 760. The van der Waals surface area contributed by atoms with Crippen LogP contribution in [-0.2, 0) is 17.5 Å². The number of imidazole rings is 1. The SMILES string of the molecule is CCCCn1c(SCC(=O)NCC(C)O)nc2cc(C(F)(F)F)ccc21. The summed E-state index contributed by atoms with van der Waals surface area (Å²) < 4.78 is 40.6. The van der Waals surface area contributed by atoms with Crippen molar-refractivity contribution >= 4 is 28.7 Å². The van der Waals surface area contributed by atoms with Crippen molar-refractivity contribution in [3.63, 3.8) is 0 Å². The quantitative estimate of drug-likeness (QED) is 0.679. The molecule has 1 aromatic heterocycles. The molecule has 0 aliphatic rings. The van der Waals surface area contributed by atoms with Gasteiger partial charge >= 0.3 is 6.18 Å². The van der Waals surface area contributed by atoms with Crippen LogP contribution >= 0.6 is 11.8 Å². The van der Waals surface area contributed by atoms with Crippen molar-refractivity contribution in [3.05, 3.63) is 23.8 Å². The molecule has 144 valence electrons. The van der Waals surface area contributed by atoms with E-state index < -0.39 is 17.8 Å². The number of carbonyl (C=O) groups is 1. The zero-order chi connectivity index (χ0) is 19.3. The van der Waals surface area contributed by atoms with Gasteiger partial charge in [0.1, 0.15) is 0 Å². The van der Waals surface area contributed by atoms with Crippen molar-refractivity contribution in [2.24, 2.45) is 0 Å². The van der Waals surface area contributed by atoms with E-state index >= 15 is 0 Å². The minimum atomic E-state index is -4.42. The van der Waals surface area contributed by atoms with E-state index in [1.807, 2.05) is 11.5 Å². The van der Waals surface area contributed by atoms with Gasteiger partial charge in [0.2, 0.25) is 5.91 Å². The average molecular weight is 389 g/mol. The Balaban J connectivity index is 2.24. The molecule has 1 atom stereocenters. The number of rotatable bonds is 8. The fourth-order valence-electron chi connectivity index (χ4n) is 2.37. The Morgan fingerprint density at radius 1 is 1.42 bits per heavy atom. The number of aryl methyl sites for hydroxylation is 1. The normalized spacial score (nSPS) is 13.2. The van der Waals surface area contributed by atoms with Gasteiger partial charge in [-0.15, -0.1) is 0 Å². The van der Waals surface area contributed by atoms with Gasteiger partial charge < -0.3 is 15.0 Å². The number of carbonyl (C=O) groups excluding carboxylic acids is 1. The number of aliphatic hydroxyl groups excluding tert-OH is 1. The summed E-state index contributed by atoms with van der Waals surface area (Å²) in [6.07, 6.45) is -3.28. The monoisotopic (exact) mass is 389 g/mol. The maximum atomic E-state index is 12.9. The highest BCUT2D eigenvalue weighted by Gasteiger charge is 2.31. The van der Waals surface area contributed by atoms with Gasteiger partial charge in [-0.25, -0.2) is 4.98 Å². The number of fused-ring (bicyclic) bond motifs is 1. The second kappa shape index (κ2) is 8.77. The molecule has 1 aromatic carbocycles. The molecular formula is C17H22F3N3O2S. The molecule has 0 spiro atoms. The maximum Gasteiger partial charge on any atom is 0.416 e. The highest BCUT2D eigenvalue weighted by molar-refractivity contribution is 7.99. The number of aromatic nitrogens is 2. The molecule has 2 aromatic rings. The van der Waals surface area contributed by atoms with E-state index in [9.17, 15) is 23.1 Å². The minimum Gasteiger partial charge on any atom is -0.392 e. The number of hydrogen-bond acceptors (Lipinski definition) is 4. The lowest BCUT2D eigenvalue weighted by Crippen LogP contribution is -2.31. The highest BCUT2D eigenvalue weighted by Crippen LogP contribution is 2.33. The fourth-order valence-corrected chi connectivity index (χ4v) is 3.24. The summed E-state index contributed by atoms with van der Waals surface area (Å²) in [4.78, 5) is 16.1. The van der Waals surface area contributed by atoms with E-state index in [0.29, 0.717) is 17.2 Å². The molecule has 1 unspecified atom stereocenters. The van der Waals surface area contributed by atoms with E-state index in [4.69, 9.17) is 0 Å². The Labute approximate surface area is 154 Å². The number of unbranched alkanes of at least 4 members (excludes halogenated alkanes) is 1. The first kappa shape index (κ1) is 20.6. The summed E-state index contributed by atoms with van der Waals surface area (Å²) in [5, 5.41) is 12.3. The molecule has 26 heavy (non-hydrogen) atoms. The summed E-state index contributed by atoms with van der Waals surface area (Å²) in [5.74, 6) is -0.185. The number of alkyl halides is 3. The van der Waals surface area contributed by atoms with E-state index in [2.05, 4.69) is 10.3 Å². The number of halogens is 3. The molecule has 2 rings (SSSR count). The number of thioether (sulfide) groups is 1. The summed E-state index contributed by atoms with van der Waals surface area (Å²) >= 11 is 1.17.